The van der Waals surface area contributed by atoms with Gasteiger partial charge in [0, 0.05) is 36.2 Å². The van der Waals surface area contributed by atoms with Crippen molar-refractivity contribution in [3.05, 3.63) is 36.0 Å². The molecule has 0 bridgehead atoms. The third kappa shape index (κ3) is 2.24. The van der Waals surface area contributed by atoms with Crippen molar-refractivity contribution in [1.82, 2.24) is 15.2 Å². The molecule has 1 aromatic carbocycles. The van der Waals surface area contributed by atoms with Gasteiger partial charge in [-0.15, -0.1) is 0 Å². The number of carbonyl (C=O) groups excluding carboxylic acids is 1. The van der Waals surface area contributed by atoms with Crippen LogP contribution in [0.4, 0.5) is 0 Å². The molecule has 1 aliphatic heterocycles. The molecule has 100 valence electrons. The lowest BCUT2D eigenvalue weighted by atomic mass is 10.0. The number of aromatic nitrogens is 1. The number of fused-ring (bicyclic) bond motifs is 1. The minimum Gasteiger partial charge on any atom is -0.360 e. The number of likely N-dealkylation sites (N-methyl/N-ethyl adjacent to an activating group) is 1. The molecule has 1 aliphatic rings. The summed E-state index contributed by atoms with van der Waals surface area (Å²) in [5.74, 6) is 0.136. The van der Waals surface area contributed by atoms with Gasteiger partial charge >= 0.3 is 0 Å². The molecule has 4 nitrogen and oxygen atoms in total. The van der Waals surface area contributed by atoms with Crippen molar-refractivity contribution < 1.29 is 4.79 Å². The Morgan fingerprint density at radius 1 is 1.42 bits per heavy atom. The van der Waals surface area contributed by atoms with Crippen LogP contribution in [0.15, 0.2) is 30.5 Å². The van der Waals surface area contributed by atoms with E-state index in [-0.39, 0.29) is 5.91 Å². The van der Waals surface area contributed by atoms with Gasteiger partial charge in [-0.05, 0) is 26.0 Å². The quantitative estimate of drug-likeness (QED) is 0.864. The van der Waals surface area contributed by atoms with E-state index >= 15 is 0 Å². The largest absolute Gasteiger partial charge is 0.360 e. The predicted octanol–water partition coefficient (Wildman–Crippen LogP) is 1.99. The lowest BCUT2D eigenvalue weighted by molar-refractivity contribution is 0.0700. The van der Waals surface area contributed by atoms with Crippen molar-refractivity contribution in [2.24, 2.45) is 0 Å². The van der Waals surface area contributed by atoms with E-state index in [0.717, 1.165) is 42.4 Å². The summed E-state index contributed by atoms with van der Waals surface area (Å²) in [5.41, 5.74) is 1.81. The number of amides is 1. The molecule has 0 aliphatic carbocycles. The van der Waals surface area contributed by atoms with Crippen molar-refractivity contribution in [3.8, 4) is 0 Å². The summed E-state index contributed by atoms with van der Waals surface area (Å²) in [7, 11) is 1.96. The number of rotatable bonds is 2. The molecule has 2 N–H and O–H groups in total. The van der Waals surface area contributed by atoms with E-state index in [2.05, 4.69) is 10.3 Å². The van der Waals surface area contributed by atoms with Crippen LogP contribution < -0.4 is 5.32 Å². The van der Waals surface area contributed by atoms with Crippen molar-refractivity contribution in [3.63, 3.8) is 0 Å². The second-order valence-electron chi connectivity index (χ2n) is 5.13. The van der Waals surface area contributed by atoms with E-state index in [1.54, 1.807) is 0 Å². The van der Waals surface area contributed by atoms with Gasteiger partial charge < -0.3 is 15.2 Å². The lowest BCUT2D eigenvalue weighted by Gasteiger charge is -2.32. The van der Waals surface area contributed by atoms with Gasteiger partial charge in [0.2, 0.25) is 0 Å². The Kier molecular flexibility index (Phi) is 3.25. The highest BCUT2D eigenvalue weighted by Gasteiger charge is 2.24. The molecule has 1 amide bonds. The molecule has 0 radical (unpaired) electrons. The Bertz CT molecular complexity index is 590. The fourth-order valence-electron chi connectivity index (χ4n) is 2.82. The minimum atomic E-state index is 0.136. The number of benzene rings is 1. The number of para-hydroxylation sites is 1. The summed E-state index contributed by atoms with van der Waals surface area (Å²) in [5, 5.41) is 4.28. The first kappa shape index (κ1) is 12.2. The maximum atomic E-state index is 12.6. The van der Waals surface area contributed by atoms with Gasteiger partial charge in [-0.1, -0.05) is 18.2 Å². The van der Waals surface area contributed by atoms with Crippen molar-refractivity contribution in [1.29, 1.82) is 0 Å². The number of carbonyl (C=O) groups is 1. The van der Waals surface area contributed by atoms with Crippen LogP contribution in [0.25, 0.3) is 10.9 Å². The minimum absolute atomic E-state index is 0.136. The first-order valence-corrected chi connectivity index (χ1v) is 6.82. The Labute approximate surface area is 112 Å². The van der Waals surface area contributed by atoms with Crippen molar-refractivity contribution >= 4 is 16.8 Å². The molecular weight excluding hydrogens is 238 g/mol. The van der Waals surface area contributed by atoms with E-state index in [1.165, 1.54) is 0 Å². The van der Waals surface area contributed by atoms with Crippen LogP contribution >= 0.6 is 0 Å². The fourth-order valence-corrected chi connectivity index (χ4v) is 2.82. The molecule has 3 rings (SSSR count). The summed E-state index contributed by atoms with van der Waals surface area (Å²) in [6.45, 7) is 1.66. The highest BCUT2D eigenvalue weighted by Crippen LogP contribution is 2.21. The third-order valence-corrected chi connectivity index (χ3v) is 3.94. The topological polar surface area (TPSA) is 48.1 Å². The lowest BCUT2D eigenvalue weighted by Crippen LogP contribution is -2.46. The molecular formula is C15H19N3O. The van der Waals surface area contributed by atoms with Gasteiger partial charge in [0.1, 0.15) is 0 Å². The second kappa shape index (κ2) is 5.05. The highest BCUT2D eigenvalue weighted by molar-refractivity contribution is 6.06. The Morgan fingerprint density at radius 3 is 3.11 bits per heavy atom. The number of hydrogen-bond acceptors (Lipinski definition) is 2. The van der Waals surface area contributed by atoms with Gasteiger partial charge in [-0.2, -0.15) is 0 Å². The molecule has 1 saturated heterocycles. The molecule has 1 aromatic heterocycles. The molecule has 2 aromatic rings. The van der Waals surface area contributed by atoms with Gasteiger partial charge in [-0.3, -0.25) is 4.79 Å². The molecule has 2 heterocycles. The molecule has 19 heavy (non-hydrogen) atoms. The van der Waals surface area contributed by atoms with E-state index in [1.807, 2.05) is 42.4 Å². The molecule has 1 unspecified atom stereocenters. The van der Waals surface area contributed by atoms with Crippen LogP contribution in [0.5, 0.6) is 0 Å². The number of nitrogens with one attached hydrogen (secondary N) is 2. The molecule has 1 fully saturated rings. The van der Waals surface area contributed by atoms with Gasteiger partial charge in [0.05, 0.1) is 5.56 Å². The fraction of sp³-hybridized carbons (Fsp3) is 0.400. The van der Waals surface area contributed by atoms with E-state index < -0.39 is 0 Å². The van der Waals surface area contributed by atoms with Crippen LogP contribution in [0.1, 0.15) is 23.2 Å². The van der Waals surface area contributed by atoms with Crippen molar-refractivity contribution in [2.45, 2.75) is 18.9 Å². The zero-order chi connectivity index (χ0) is 13.2. The number of likely N-dealkylation sites (tertiary alicyclic amines) is 1. The Balaban J connectivity index is 1.87. The average molecular weight is 257 g/mol. The average Bonchev–Trinajstić information content (AvgIpc) is 2.90. The van der Waals surface area contributed by atoms with Gasteiger partial charge in [-0.25, -0.2) is 0 Å². The van der Waals surface area contributed by atoms with Crippen LogP contribution in [0.2, 0.25) is 0 Å². The zero-order valence-corrected chi connectivity index (χ0v) is 11.1. The number of hydrogen-bond donors (Lipinski definition) is 2. The standard InChI is InChI=1S/C15H19N3O/c1-16-11-5-4-8-18(10-11)15(19)13-9-17-14-7-3-2-6-12(13)14/h2-3,6-7,9,11,16-17H,4-5,8,10H2,1H3. The molecule has 1 atom stereocenters. The maximum Gasteiger partial charge on any atom is 0.256 e. The van der Waals surface area contributed by atoms with Gasteiger partial charge in [0.25, 0.3) is 5.91 Å². The smallest absolute Gasteiger partial charge is 0.256 e. The second-order valence-corrected chi connectivity index (χ2v) is 5.13. The maximum absolute atomic E-state index is 12.6. The Hall–Kier alpha value is -1.81. The van der Waals surface area contributed by atoms with Crippen molar-refractivity contribution in [2.75, 3.05) is 20.1 Å². The SMILES string of the molecule is CNC1CCCN(C(=O)c2c[nH]c3ccccc23)C1. The first-order valence-electron chi connectivity index (χ1n) is 6.82. The molecule has 4 heteroatoms. The molecule has 0 spiro atoms. The van der Waals surface area contributed by atoms with Crippen LogP contribution in [0, 0.1) is 0 Å². The van der Waals surface area contributed by atoms with Crippen LogP contribution in [-0.2, 0) is 0 Å². The summed E-state index contributed by atoms with van der Waals surface area (Å²) >= 11 is 0. The monoisotopic (exact) mass is 257 g/mol. The highest BCUT2D eigenvalue weighted by atomic mass is 16.2. The summed E-state index contributed by atoms with van der Waals surface area (Å²) in [4.78, 5) is 17.7. The summed E-state index contributed by atoms with van der Waals surface area (Å²) < 4.78 is 0. The zero-order valence-electron chi connectivity index (χ0n) is 11.1. The normalized spacial score (nSPS) is 19.8. The van der Waals surface area contributed by atoms with E-state index in [0.29, 0.717) is 6.04 Å². The van der Waals surface area contributed by atoms with Crippen LogP contribution in [0.3, 0.4) is 0 Å². The number of nitrogens with zero attached hydrogens (tertiary/aromatic N) is 1. The summed E-state index contributed by atoms with van der Waals surface area (Å²) in [6.07, 6.45) is 4.05. The number of H-pyrrole nitrogens is 1. The van der Waals surface area contributed by atoms with E-state index in [4.69, 9.17) is 0 Å². The first-order chi connectivity index (χ1) is 9.29. The predicted molar refractivity (Wildman–Crippen MR) is 76.3 cm³/mol. The molecule has 0 saturated carbocycles. The van der Waals surface area contributed by atoms with E-state index in [9.17, 15) is 4.79 Å². The summed E-state index contributed by atoms with van der Waals surface area (Å²) in [6, 6.07) is 8.37. The van der Waals surface area contributed by atoms with Gasteiger partial charge in [0.15, 0.2) is 0 Å². The van der Waals surface area contributed by atoms with Crippen LogP contribution in [-0.4, -0.2) is 42.0 Å². The third-order valence-electron chi connectivity index (χ3n) is 3.94. The number of piperidine rings is 1. The Morgan fingerprint density at radius 2 is 2.26 bits per heavy atom. The number of aromatic amines is 1.